The second kappa shape index (κ2) is 8.24. The van der Waals surface area contributed by atoms with Gasteiger partial charge in [0.2, 0.25) is 0 Å². The molecule has 0 bridgehead atoms. The molecule has 1 saturated heterocycles. The molecule has 3 aromatic heterocycles. The van der Waals surface area contributed by atoms with Crippen LogP contribution in [0.15, 0.2) is 12.1 Å². The molecule has 0 aromatic carbocycles. The van der Waals surface area contributed by atoms with Crippen molar-refractivity contribution in [3.05, 3.63) is 39.9 Å². The highest BCUT2D eigenvalue weighted by molar-refractivity contribution is 6.29. The van der Waals surface area contributed by atoms with E-state index in [0.29, 0.717) is 47.6 Å². The van der Waals surface area contributed by atoms with E-state index in [9.17, 15) is 19.1 Å². The fraction of sp³-hybridized carbons (Fsp3) is 0.400. The molecule has 1 aliphatic rings. The Labute approximate surface area is 182 Å². The van der Waals surface area contributed by atoms with E-state index < -0.39 is 18.2 Å². The van der Waals surface area contributed by atoms with E-state index in [0.717, 1.165) is 12.1 Å². The Morgan fingerprint density at radius 3 is 2.71 bits per heavy atom. The molecule has 0 radical (unpaired) electrons. The number of halogens is 3. The number of hydrogen-bond acceptors (Lipinski definition) is 7. The summed E-state index contributed by atoms with van der Waals surface area (Å²) in [5.74, 6) is 0.452. The molecule has 4 rings (SSSR count). The quantitative estimate of drug-likeness (QED) is 0.554. The maximum Gasteiger partial charge on any atom is 0.283 e. The number of β-amino-alcohol motifs (C(OH)–C–C–N with tert-alkyl or cyclic N) is 1. The van der Waals surface area contributed by atoms with Crippen LogP contribution in [0.2, 0.25) is 5.15 Å². The summed E-state index contributed by atoms with van der Waals surface area (Å²) in [6.45, 7) is 4.36. The van der Waals surface area contributed by atoms with Crippen molar-refractivity contribution in [3.8, 4) is 6.07 Å². The van der Waals surface area contributed by atoms with Gasteiger partial charge in [0.25, 0.3) is 6.43 Å². The zero-order chi connectivity index (χ0) is 22.3. The van der Waals surface area contributed by atoms with Gasteiger partial charge in [0.15, 0.2) is 11.5 Å². The summed E-state index contributed by atoms with van der Waals surface area (Å²) < 4.78 is 28.3. The zero-order valence-electron chi connectivity index (χ0n) is 16.9. The van der Waals surface area contributed by atoms with Crippen LogP contribution in [-0.2, 0) is 6.42 Å². The van der Waals surface area contributed by atoms with E-state index in [1.54, 1.807) is 30.0 Å². The van der Waals surface area contributed by atoms with E-state index in [4.69, 9.17) is 11.6 Å². The number of nitrogens with one attached hydrogen (secondary N) is 1. The van der Waals surface area contributed by atoms with Crippen LogP contribution in [-0.4, -0.2) is 43.9 Å². The van der Waals surface area contributed by atoms with E-state index >= 15 is 0 Å². The number of hydrogen-bond donors (Lipinski definition) is 2. The molecule has 4 heterocycles. The molecule has 0 spiro atoms. The minimum absolute atomic E-state index is 0.0558. The zero-order valence-corrected chi connectivity index (χ0v) is 17.7. The summed E-state index contributed by atoms with van der Waals surface area (Å²) in [6, 6.07) is 5.26. The van der Waals surface area contributed by atoms with Gasteiger partial charge in [-0.2, -0.15) is 14.9 Å². The van der Waals surface area contributed by atoms with Gasteiger partial charge >= 0.3 is 0 Å². The second-order valence-corrected chi connectivity index (χ2v) is 7.75. The van der Waals surface area contributed by atoms with Crippen molar-refractivity contribution < 1.29 is 13.9 Å². The van der Waals surface area contributed by atoms with Crippen LogP contribution in [0.25, 0.3) is 5.65 Å². The Balaban J connectivity index is 1.92. The first-order valence-corrected chi connectivity index (χ1v) is 10.2. The number of pyridine rings is 1. The Morgan fingerprint density at radius 1 is 1.35 bits per heavy atom. The number of aromatic nitrogens is 4. The van der Waals surface area contributed by atoms with Gasteiger partial charge in [-0.05, 0) is 25.5 Å². The first kappa shape index (κ1) is 21.2. The smallest absolute Gasteiger partial charge is 0.283 e. The molecule has 1 aliphatic heterocycles. The predicted molar refractivity (Wildman–Crippen MR) is 112 cm³/mol. The van der Waals surface area contributed by atoms with Crippen LogP contribution >= 0.6 is 11.6 Å². The van der Waals surface area contributed by atoms with Gasteiger partial charge in [-0.25, -0.2) is 18.7 Å². The molecule has 0 atom stereocenters. The third-order valence-electron chi connectivity index (χ3n) is 5.11. The molecule has 3 aromatic rings. The molecule has 162 valence electrons. The molecule has 0 aliphatic carbocycles. The largest absolute Gasteiger partial charge is 0.389 e. The first-order chi connectivity index (χ1) is 14.8. The number of rotatable bonds is 6. The maximum absolute atomic E-state index is 13.5. The van der Waals surface area contributed by atoms with Gasteiger partial charge in [0, 0.05) is 13.1 Å². The minimum Gasteiger partial charge on any atom is -0.389 e. The van der Waals surface area contributed by atoms with E-state index in [2.05, 4.69) is 20.4 Å². The van der Waals surface area contributed by atoms with Crippen molar-refractivity contribution in [2.24, 2.45) is 0 Å². The van der Waals surface area contributed by atoms with Crippen LogP contribution in [0.3, 0.4) is 0 Å². The summed E-state index contributed by atoms with van der Waals surface area (Å²) in [5, 5.41) is 27.0. The lowest BCUT2D eigenvalue weighted by molar-refractivity contribution is 0.140. The van der Waals surface area contributed by atoms with Crippen molar-refractivity contribution in [2.75, 3.05) is 23.3 Å². The molecule has 0 saturated carbocycles. The molecular weight excluding hydrogens is 428 g/mol. The van der Waals surface area contributed by atoms with E-state index in [1.807, 2.05) is 6.92 Å². The molecule has 31 heavy (non-hydrogen) atoms. The monoisotopic (exact) mass is 447 g/mol. The fourth-order valence-corrected chi connectivity index (χ4v) is 3.80. The molecule has 8 nitrogen and oxygen atoms in total. The van der Waals surface area contributed by atoms with Crippen LogP contribution in [0.4, 0.5) is 26.0 Å². The Kier molecular flexibility index (Phi) is 5.64. The normalized spacial score (nSPS) is 14.2. The summed E-state index contributed by atoms with van der Waals surface area (Å²) in [7, 11) is 0. The van der Waals surface area contributed by atoms with Crippen LogP contribution in [0.5, 0.6) is 0 Å². The van der Waals surface area contributed by atoms with E-state index in [-0.39, 0.29) is 11.2 Å². The van der Waals surface area contributed by atoms with Crippen molar-refractivity contribution in [1.29, 1.82) is 5.26 Å². The third kappa shape index (κ3) is 3.75. The van der Waals surface area contributed by atoms with Crippen LogP contribution in [0.1, 0.15) is 42.4 Å². The third-order valence-corrected chi connectivity index (χ3v) is 5.33. The number of aliphatic hydroxyl groups is 1. The first-order valence-electron chi connectivity index (χ1n) is 9.81. The Hall–Kier alpha value is -3.03. The van der Waals surface area contributed by atoms with Crippen molar-refractivity contribution in [2.45, 2.75) is 39.2 Å². The van der Waals surface area contributed by atoms with Gasteiger partial charge in [-0.1, -0.05) is 24.9 Å². The Bertz CT molecular complexity index is 1180. The molecular formula is C20H20ClF2N7O. The number of nitrogens with zero attached hydrogens (tertiary/aromatic N) is 6. The highest BCUT2D eigenvalue weighted by Crippen LogP contribution is 2.37. The number of aryl methyl sites for hydroxylation is 2. The highest BCUT2D eigenvalue weighted by Gasteiger charge is 2.33. The lowest BCUT2D eigenvalue weighted by Gasteiger charge is -2.39. The molecule has 0 amide bonds. The van der Waals surface area contributed by atoms with Gasteiger partial charge in [0.1, 0.15) is 28.2 Å². The summed E-state index contributed by atoms with van der Waals surface area (Å²) >= 11 is 6.06. The van der Waals surface area contributed by atoms with Gasteiger partial charge in [-0.3, -0.25) is 0 Å². The number of nitriles is 1. The van der Waals surface area contributed by atoms with Crippen molar-refractivity contribution in [3.63, 3.8) is 0 Å². The summed E-state index contributed by atoms with van der Waals surface area (Å²) in [4.78, 5) is 10.6. The molecule has 2 N–H and O–H groups in total. The molecule has 1 fully saturated rings. The lowest BCUT2D eigenvalue weighted by atomic mass is 10.1. The summed E-state index contributed by atoms with van der Waals surface area (Å²) in [6.07, 6.45) is -1.92. The fourth-order valence-electron chi connectivity index (χ4n) is 3.64. The standard InChI is InChI=1S/C20H20ClF2N7O/c1-3-4-13-14(5-6-15(21)26-13)27-16-10(2)25-19-12(7-24)17(18(22)23)28-30(19)20(16)29-8-11(31)9-29/h5-6,11,18,27,31H,3-4,8-9H2,1-2H3. The number of aliphatic hydroxyl groups excluding tert-OH is 1. The average molecular weight is 448 g/mol. The molecule has 11 heteroatoms. The van der Waals surface area contributed by atoms with Gasteiger partial charge in [0.05, 0.1) is 23.2 Å². The summed E-state index contributed by atoms with van der Waals surface area (Å²) in [5.41, 5.74) is 1.68. The number of anilines is 3. The lowest BCUT2D eigenvalue weighted by Crippen LogP contribution is -2.51. The topological polar surface area (TPSA) is 102 Å². The minimum atomic E-state index is -2.92. The van der Waals surface area contributed by atoms with Crippen LogP contribution in [0, 0.1) is 18.3 Å². The Morgan fingerprint density at radius 2 is 2.10 bits per heavy atom. The van der Waals surface area contributed by atoms with Gasteiger partial charge < -0.3 is 15.3 Å². The van der Waals surface area contributed by atoms with Crippen molar-refractivity contribution >= 4 is 34.4 Å². The maximum atomic E-state index is 13.5. The molecule has 0 unspecified atom stereocenters. The second-order valence-electron chi connectivity index (χ2n) is 7.37. The highest BCUT2D eigenvalue weighted by atomic mass is 35.5. The SMILES string of the molecule is CCCc1nc(Cl)ccc1Nc1c(C)nc2c(C#N)c(C(F)F)nn2c1N1CC(O)C1. The number of fused-ring (bicyclic) bond motifs is 1. The average Bonchev–Trinajstić information content (AvgIpc) is 3.06. The van der Waals surface area contributed by atoms with Gasteiger partial charge in [-0.15, -0.1) is 0 Å². The van der Waals surface area contributed by atoms with Crippen LogP contribution < -0.4 is 10.2 Å². The predicted octanol–water partition coefficient (Wildman–Crippen LogP) is 3.77. The number of alkyl halides is 2. The van der Waals surface area contributed by atoms with E-state index in [1.165, 1.54) is 4.52 Å². The van der Waals surface area contributed by atoms with Crippen molar-refractivity contribution in [1.82, 2.24) is 19.6 Å².